The zero-order valence-corrected chi connectivity index (χ0v) is 29.1. The van der Waals surface area contributed by atoms with Crippen molar-refractivity contribution in [3.8, 4) is 11.4 Å². The smallest absolute Gasteiger partial charge is 0.261 e. The maximum Gasteiger partial charge on any atom is 0.261 e. The van der Waals surface area contributed by atoms with Crippen molar-refractivity contribution in [1.29, 1.82) is 0 Å². The monoisotopic (exact) mass is 706 g/mol. The summed E-state index contributed by atoms with van der Waals surface area (Å²) in [5, 5.41) is 6.48. The van der Waals surface area contributed by atoms with Gasteiger partial charge in [0, 0.05) is 101 Å². The van der Waals surface area contributed by atoms with E-state index in [0.717, 1.165) is 41.7 Å². The maximum absolute atomic E-state index is 13.8. The SMILES string of the molecule is O=C1c2cccc3c(-n4ccnc4)ccc(c23)C(=O)N1CCNCCCN(CCN1C(=O)c2cccc3c(-n4ccnc4)ccc(c23)C1=O)CC1CC1. The van der Waals surface area contributed by atoms with Gasteiger partial charge in [-0.1, -0.05) is 24.3 Å². The van der Waals surface area contributed by atoms with Crippen molar-refractivity contribution in [3.63, 3.8) is 0 Å². The molecule has 12 nitrogen and oxygen atoms in total. The second kappa shape index (κ2) is 13.5. The standard InChI is InChI=1S/C41H38N8O4/c50-38-30-6-1-4-28-34(46-19-15-43-25-46)12-10-32(36(28)30)40(52)48(38)21-17-42-14-3-18-45(24-27-8-9-27)22-23-49-39(51)31-7-2-5-29-35(47-20-16-44-26-47)13-11-33(37(29)31)41(49)53/h1-2,4-7,10-13,15-16,19-20,25-27,42H,3,8-9,14,17-18,21-24H2. The van der Waals surface area contributed by atoms with Crippen LogP contribution in [0.5, 0.6) is 0 Å². The number of nitrogens with one attached hydrogen (secondary N) is 1. The predicted molar refractivity (Wildman–Crippen MR) is 200 cm³/mol. The summed E-state index contributed by atoms with van der Waals surface area (Å²) in [6.07, 6.45) is 13.7. The molecule has 1 aliphatic carbocycles. The fourth-order valence-electron chi connectivity index (χ4n) is 7.87. The summed E-state index contributed by atoms with van der Waals surface area (Å²) in [6, 6.07) is 18.6. The molecule has 0 atom stereocenters. The zero-order valence-electron chi connectivity index (χ0n) is 29.1. The molecule has 6 aromatic rings. The average molecular weight is 707 g/mol. The third-order valence-electron chi connectivity index (χ3n) is 10.7. The zero-order chi connectivity index (χ0) is 36.1. The molecule has 266 valence electrons. The Labute approximate surface area is 305 Å². The number of imidazole rings is 2. The molecular weight excluding hydrogens is 669 g/mol. The fraction of sp³-hybridized carbons (Fsp3) is 0.268. The van der Waals surface area contributed by atoms with Crippen molar-refractivity contribution >= 4 is 45.2 Å². The minimum absolute atomic E-state index is 0.261. The Morgan fingerprint density at radius 2 is 1.15 bits per heavy atom. The van der Waals surface area contributed by atoms with E-state index in [2.05, 4.69) is 20.2 Å². The number of hydrogen-bond acceptors (Lipinski definition) is 8. The Morgan fingerprint density at radius 1 is 0.623 bits per heavy atom. The fourth-order valence-corrected chi connectivity index (χ4v) is 7.87. The summed E-state index contributed by atoms with van der Waals surface area (Å²) in [6.45, 7) is 4.08. The van der Waals surface area contributed by atoms with Gasteiger partial charge in [0.15, 0.2) is 0 Å². The average Bonchev–Trinajstić information content (AvgIpc) is 3.55. The van der Waals surface area contributed by atoms with Crippen molar-refractivity contribution in [2.24, 2.45) is 5.92 Å². The molecule has 0 radical (unpaired) electrons. The van der Waals surface area contributed by atoms with Gasteiger partial charge in [-0.25, -0.2) is 9.97 Å². The van der Waals surface area contributed by atoms with Gasteiger partial charge in [-0.05, 0) is 74.7 Å². The topological polar surface area (TPSA) is 126 Å². The summed E-state index contributed by atoms with van der Waals surface area (Å²) in [7, 11) is 0. The second-order valence-corrected chi connectivity index (χ2v) is 14.0. The lowest BCUT2D eigenvalue weighted by Gasteiger charge is -2.30. The van der Waals surface area contributed by atoms with Crippen molar-refractivity contribution < 1.29 is 19.2 Å². The Bertz CT molecular complexity index is 2360. The van der Waals surface area contributed by atoms with Crippen LogP contribution in [-0.4, -0.2) is 103 Å². The van der Waals surface area contributed by atoms with Crippen LogP contribution in [0.3, 0.4) is 0 Å². The number of hydrogen-bond donors (Lipinski definition) is 1. The van der Waals surface area contributed by atoms with E-state index in [0.29, 0.717) is 65.1 Å². The van der Waals surface area contributed by atoms with E-state index in [1.54, 1.807) is 37.2 Å². The molecule has 0 bridgehead atoms. The first-order valence-electron chi connectivity index (χ1n) is 18.2. The lowest BCUT2D eigenvalue weighted by Crippen LogP contribution is -2.45. The Kier molecular flexibility index (Phi) is 8.40. The van der Waals surface area contributed by atoms with Crippen LogP contribution in [0, 0.1) is 5.92 Å². The van der Waals surface area contributed by atoms with Crippen LogP contribution in [0.1, 0.15) is 60.7 Å². The summed E-state index contributed by atoms with van der Waals surface area (Å²) in [5.41, 5.74) is 3.88. The molecule has 9 rings (SSSR count). The first-order valence-corrected chi connectivity index (χ1v) is 18.2. The Morgan fingerprint density at radius 3 is 1.66 bits per heavy atom. The minimum atomic E-state index is -0.285. The highest BCUT2D eigenvalue weighted by Gasteiger charge is 2.35. The normalized spacial score (nSPS) is 15.5. The molecule has 4 heterocycles. The molecule has 53 heavy (non-hydrogen) atoms. The van der Waals surface area contributed by atoms with Crippen LogP contribution in [0.2, 0.25) is 0 Å². The molecule has 3 aliphatic rings. The molecule has 1 N–H and O–H groups in total. The van der Waals surface area contributed by atoms with Crippen molar-refractivity contribution in [2.75, 3.05) is 45.8 Å². The first-order chi connectivity index (χ1) is 26.0. The van der Waals surface area contributed by atoms with Crippen LogP contribution in [0.15, 0.2) is 98.1 Å². The first kappa shape index (κ1) is 32.9. The number of aromatic nitrogens is 4. The quantitative estimate of drug-likeness (QED) is 0.125. The van der Waals surface area contributed by atoms with Gasteiger partial charge in [0.2, 0.25) is 0 Å². The van der Waals surface area contributed by atoms with Gasteiger partial charge in [0.25, 0.3) is 23.6 Å². The van der Waals surface area contributed by atoms with Gasteiger partial charge in [-0.2, -0.15) is 0 Å². The minimum Gasteiger partial charge on any atom is -0.315 e. The molecule has 0 saturated heterocycles. The summed E-state index contributed by atoms with van der Waals surface area (Å²) >= 11 is 0. The number of rotatable bonds is 14. The highest BCUT2D eigenvalue weighted by molar-refractivity contribution is 6.27. The van der Waals surface area contributed by atoms with Crippen LogP contribution in [0.25, 0.3) is 32.9 Å². The van der Waals surface area contributed by atoms with Crippen molar-refractivity contribution in [2.45, 2.75) is 19.3 Å². The lowest BCUT2D eigenvalue weighted by atomic mass is 9.93. The van der Waals surface area contributed by atoms with Gasteiger partial charge < -0.3 is 19.4 Å². The van der Waals surface area contributed by atoms with Crippen molar-refractivity contribution in [1.82, 2.24) is 39.1 Å². The molecule has 1 saturated carbocycles. The molecule has 0 spiro atoms. The van der Waals surface area contributed by atoms with Gasteiger partial charge in [0.1, 0.15) is 0 Å². The maximum atomic E-state index is 13.8. The molecule has 12 heteroatoms. The van der Waals surface area contributed by atoms with Crippen LogP contribution in [-0.2, 0) is 0 Å². The summed E-state index contributed by atoms with van der Waals surface area (Å²) < 4.78 is 3.77. The second-order valence-electron chi connectivity index (χ2n) is 14.0. The van der Waals surface area contributed by atoms with E-state index in [1.807, 2.05) is 70.1 Å². The molecule has 0 unspecified atom stereocenters. The van der Waals surface area contributed by atoms with Crippen LogP contribution in [0.4, 0.5) is 0 Å². The third-order valence-corrected chi connectivity index (χ3v) is 10.7. The van der Waals surface area contributed by atoms with Crippen LogP contribution < -0.4 is 5.32 Å². The summed E-state index contributed by atoms with van der Waals surface area (Å²) in [4.78, 5) is 68.0. The molecule has 2 aromatic heterocycles. The van der Waals surface area contributed by atoms with E-state index in [1.165, 1.54) is 22.6 Å². The van der Waals surface area contributed by atoms with Gasteiger partial charge in [-0.15, -0.1) is 0 Å². The number of benzene rings is 4. The van der Waals surface area contributed by atoms with E-state index in [9.17, 15) is 19.2 Å². The molecular formula is C41H38N8O4. The molecule has 1 fully saturated rings. The van der Waals surface area contributed by atoms with Gasteiger partial charge in [0.05, 0.1) is 24.0 Å². The van der Waals surface area contributed by atoms with Gasteiger partial charge >= 0.3 is 0 Å². The molecule has 4 aromatic carbocycles. The number of imide groups is 2. The van der Waals surface area contributed by atoms with Crippen LogP contribution >= 0.6 is 0 Å². The number of nitrogens with zero attached hydrogens (tertiary/aromatic N) is 7. The predicted octanol–water partition coefficient (Wildman–Crippen LogP) is 4.95. The Balaban J connectivity index is 0.807. The summed E-state index contributed by atoms with van der Waals surface area (Å²) in [5.74, 6) is -0.446. The third kappa shape index (κ3) is 5.89. The van der Waals surface area contributed by atoms with E-state index >= 15 is 0 Å². The van der Waals surface area contributed by atoms with Crippen molar-refractivity contribution in [3.05, 3.63) is 120 Å². The van der Waals surface area contributed by atoms with E-state index in [-0.39, 0.29) is 30.2 Å². The molecule has 2 aliphatic heterocycles. The highest BCUT2D eigenvalue weighted by atomic mass is 16.2. The van der Waals surface area contributed by atoms with Gasteiger partial charge in [-0.3, -0.25) is 29.0 Å². The number of carbonyl (C=O) groups is 4. The highest BCUT2D eigenvalue weighted by Crippen LogP contribution is 2.35. The van der Waals surface area contributed by atoms with E-state index < -0.39 is 0 Å². The van der Waals surface area contributed by atoms with E-state index in [4.69, 9.17) is 0 Å². The number of amides is 4. The number of carbonyl (C=O) groups excluding carboxylic acids is 4. The molecule has 4 amide bonds. The lowest BCUT2D eigenvalue weighted by molar-refractivity contribution is 0.0585. The largest absolute Gasteiger partial charge is 0.315 e. The Hall–Kier alpha value is -5.98.